The van der Waals surface area contributed by atoms with Crippen molar-refractivity contribution < 1.29 is 15.0 Å². The van der Waals surface area contributed by atoms with Crippen LogP contribution in [0.5, 0.6) is 11.5 Å². The molecule has 0 aliphatic heterocycles. The van der Waals surface area contributed by atoms with Gasteiger partial charge in [-0.2, -0.15) is 0 Å². The molecule has 2 aromatic rings. The molecule has 3 N–H and O–H groups in total. The van der Waals surface area contributed by atoms with E-state index in [-0.39, 0.29) is 17.1 Å². The van der Waals surface area contributed by atoms with E-state index in [1.54, 1.807) is 12.1 Å². The van der Waals surface area contributed by atoms with Crippen LogP contribution in [0, 0.1) is 0 Å². The summed E-state index contributed by atoms with van der Waals surface area (Å²) in [6.07, 6.45) is 0. The maximum atomic E-state index is 12.1. The lowest BCUT2D eigenvalue weighted by Crippen LogP contribution is -2.12. The largest absolute Gasteiger partial charge is 0.507 e. The summed E-state index contributed by atoms with van der Waals surface area (Å²) in [5.41, 5.74) is 0.372. The summed E-state index contributed by atoms with van der Waals surface area (Å²) < 4.78 is 1.49. The Bertz CT molecular complexity index is 624. The third-order valence-electron chi connectivity index (χ3n) is 2.42. The average molecular weight is 387 g/mol. The number of carbonyl (C=O) groups is 1. The van der Waals surface area contributed by atoms with Crippen LogP contribution in [-0.2, 0) is 0 Å². The number of phenols is 2. The van der Waals surface area contributed by atoms with Crippen LogP contribution in [0.3, 0.4) is 0 Å². The van der Waals surface area contributed by atoms with Crippen molar-refractivity contribution in [2.24, 2.45) is 0 Å². The zero-order valence-corrected chi connectivity index (χ0v) is 12.7. The van der Waals surface area contributed by atoms with Gasteiger partial charge in [0.2, 0.25) is 0 Å². The van der Waals surface area contributed by atoms with E-state index in [0.717, 1.165) is 4.47 Å². The van der Waals surface area contributed by atoms with Crippen LogP contribution in [0.1, 0.15) is 10.4 Å². The number of hydrogen-bond donors (Lipinski definition) is 3. The SMILES string of the molecule is O=C(Nc1cc(Br)ccc1Br)c1c(O)cccc1O. The van der Waals surface area contributed by atoms with Gasteiger partial charge in [0, 0.05) is 8.95 Å². The number of nitrogens with one attached hydrogen (secondary N) is 1. The van der Waals surface area contributed by atoms with Gasteiger partial charge in [-0.1, -0.05) is 22.0 Å². The predicted octanol–water partition coefficient (Wildman–Crippen LogP) is 3.88. The van der Waals surface area contributed by atoms with Gasteiger partial charge in [0.1, 0.15) is 17.1 Å². The number of carbonyl (C=O) groups excluding carboxylic acids is 1. The molecule has 0 aliphatic rings. The number of amides is 1. The minimum absolute atomic E-state index is 0.158. The molecule has 0 aliphatic carbocycles. The minimum Gasteiger partial charge on any atom is -0.507 e. The third kappa shape index (κ3) is 3.08. The van der Waals surface area contributed by atoms with E-state index < -0.39 is 5.91 Å². The second kappa shape index (κ2) is 5.63. The molecule has 0 radical (unpaired) electrons. The molecule has 0 saturated heterocycles. The molecule has 0 spiro atoms. The molecule has 0 aromatic heterocycles. The Balaban J connectivity index is 2.34. The fraction of sp³-hybridized carbons (Fsp3) is 0. The van der Waals surface area contributed by atoms with Crippen LogP contribution in [-0.4, -0.2) is 16.1 Å². The van der Waals surface area contributed by atoms with Gasteiger partial charge in [0.05, 0.1) is 5.69 Å². The van der Waals surface area contributed by atoms with Crippen LogP contribution >= 0.6 is 31.9 Å². The Labute approximate surface area is 126 Å². The summed E-state index contributed by atoms with van der Waals surface area (Å²) in [5.74, 6) is -1.14. The van der Waals surface area contributed by atoms with Crippen molar-refractivity contribution in [1.82, 2.24) is 0 Å². The Kier molecular flexibility index (Phi) is 4.11. The molecule has 0 bridgehead atoms. The van der Waals surface area contributed by atoms with E-state index in [4.69, 9.17) is 0 Å². The number of aromatic hydroxyl groups is 2. The van der Waals surface area contributed by atoms with Gasteiger partial charge < -0.3 is 15.5 Å². The third-order valence-corrected chi connectivity index (χ3v) is 3.61. The molecule has 2 rings (SSSR count). The highest BCUT2D eigenvalue weighted by Crippen LogP contribution is 2.30. The van der Waals surface area contributed by atoms with Crippen molar-refractivity contribution in [3.63, 3.8) is 0 Å². The maximum absolute atomic E-state index is 12.1. The topological polar surface area (TPSA) is 69.6 Å². The quantitative estimate of drug-likeness (QED) is 0.733. The average Bonchev–Trinajstić information content (AvgIpc) is 2.33. The van der Waals surface area contributed by atoms with Gasteiger partial charge in [-0.25, -0.2) is 0 Å². The number of anilines is 1. The van der Waals surface area contributed by atoms with Gasteiger partial charge >= 0.3 is 0 Å². The van der Waals surface area contributed by atoms with Crippen LogP contribution in [0.4, 0.5) is 5.69 Å². The van der Waals surface area contributed by atoms with Crippen LogP contribution in [0.2, 0.25) is 0 Å². The highest BCUT2D eigenvalue weighted by atomic mass is 79.9. The van der Waals surface area contributed by atoms with Gasteiger partial charge in [-0.05, 0) is 46.3 Å². The van der Waals surface area contributed by atoms with E-state index >= 15 is 0 Å². The van der Waals surface area contributed by atoms with Crippen LogP contribution < -0.4 is 5.32 Å². The summed E-state index contributed by atoms with van der Waals surface area (Å²) in [5, 5.41) is 21.9. The van der Waals surface area contributed by atoms with Crippen LogP contribution in [0.25, 0.3) is 0 Å². The number of halogens is 2. The fourth-order valence-electron chi connectivity index (χ4n) is 1.54. The smallest absolute Gasteiger partial charge is 0.263 e. The summed E-state index contributed by atoms with van der Waals surface area (Å²) >= 11 is 6.61. The number of hydrogen-bond acceptors (Lipinski definition) is 3. The first-order valence-electron chi connectivity index (χ1n) is 5.26. The van der Waals surface area contributed by atoms with Crippen molar-refractivity contribution >= 4 is 43.5 Å². The van der Waals surface area contributed by atoms with E-state index in [0.29, 0.717) is 10.2 Å². The Morgan fingerprint density at radius 2 is 1.68 bits per heavy atom. The first-order valence-corrected chi connectivity index (χ1v) is 6.85. The number of rotatable bonds is 2. The molecule has 98 valence electrons. The van der Waals surface area contributed by atoms with Crippen LogP contribution in [0.15, 0.2) is 45.3 Å². The number of benzene rings is 2. The zero-order chi connectivity index (χ0) is 14.0. The number of phenolic OH excluding ortho intramolecular Hbond substituents is 2. The summed E-state index contributed by atoms with van der Waals surface area (Å²) in [7, 11) is 0. The summed E-state index contributed by atoms with van der Waals surface area (Å²) in [6.45, 7) is 0. The Morgan fingerprint density at radius 3 is 2.32 bits per heavy atom. The summed E-state index contributed by atoms with van der Waals surface area (Å²) in [6, 6.07) is 9.42. The maximum Gasteiger partial charge on any atom is 0.263 e. The van der Waals surface area contributed by atoms with Gasteiger partial charge in [-0.15, -0.1) is 0 Å². The van der Waals surface area contributed by atoms with Crippen molar-refractivity contribution in [3.05, 3.63) is 50.9 Å². The highest BCUT2D eigenvalue weighted by molar-refractivity contribution is 9.11. The van der Waals surface area contributed by atoms with Crippen molar-refractivity contribution in [2.45, 2.75) is 0 Å². The Morgan fingerprint density at radius 1 is 1.05 bits per heavy atom. The summed E-state index contributed by atoms with van der Waals surface area (Å²) in [4.78, 5) is 12.1. The van der Waals surface area contributed by atoms with Crippen molar-refractivity contribution in [2.75, 3.05) is 5.32 Å². The standard InChI is InChI=1S/C13H9Br2NO3/c14-7-4-5-8(15)9(6-7)16-13(19)12-10(17)2-1-3-11(12)18/h1-6,17-18H,(H,16,19). The van der Waals surface area contributed by atoms with E-state index in [1.807, 2.05) is 6.07 Å². The zero-order valence-electron chi connectivity index (χ0n) is 9.52. The predicted molar refractivity (Wildman–Crippen MR) is 79.6 cm³/mol. The van der Waals surface area contributed by atoms with Gasteiger partial charge in [-0.3, -0.25) is 4.79 Å². The first-order chi connectivity index (χ1) is 8.99. The molecule has 0 fully saturated rings. The molecule has 0 atom stereocenters. The monoisotopic (exact) mass is 385 g/mol. The van der Waals surface area contributed by atoms with Crippen molar-refractivity contribution in [1.29, 1.82) is 0 Å². The normalized spacial score (nSPS) is 10.2. The first kappa shape index (κ1) is 13.9. The molecule has 6 heteroatoms. The van der Waals surface area contributed by atoms with Gasteiger partial charge in [0.15, 0.2) is 0 Å². The molecule has 4 nitrogen and oxygen atoms in total. The molecule has 2 aromatic carbocycles. The fourth-order valence-corrected chi connectivity index (χ4v) is 2.25. The van der Waals surface area contributed by atoms with E-state index in [2.05, 4.69) is 37.2 Å². The second-order valence-electron chi connectivity index (χ2n) is 3.75. The molecule has 0 unspecified atom stereocenters. The lowest BCUT2D eigenvalue weighted by Gasteiger charge is -2.10. The molecule has 19 heavy (non-hydrogen) atoms. The molecular formula is C13H9Br2NO3. The minimum atomic E-state index is -0.589. The molecule has 0 saturated carbocycles. The Hall–Kier alpha value is -1.53. The second-order valence-corrected chi connectivity index (χ2v) is 5.52. The lowest BCUT2D eigenvalue weighted by atomic mass is 10.1. The van der Waals surface area contributed by atoms with E-state index in [1.165, 1.54) is 18.2 Å². The molecule has 0 heterocycles. The molecular weight excluding hydrogens is 378 g/mol. The van der Waals surface area contributed by atoms with Gasteiger partial charge in [0.25, 0.3) is 5.91 Å². The highest BCUT2D eigenvalue weighted by Gasteiger charge is 2.17. The van der Waals surface area contributed by atoms with Crippen molar-refractivity contribution in [3.8, 4) is 11.5 Å². The van der Waals surface area contributed by atoms with E-state index in [9.17, 15) is 15.0 Å². The lowest BCUT2D eigenvalue weighted by molar-refractivity contribution is 0.102. The molecule has 1 amide bonds.